The number of amides is 2. The Morgan fingerprint density at radius 2 is 2.04 bits per heavy atom. The van der Waals surface area contributed by atoms with Gasteiger partial charge in [0.25, 0.3) is 0 Å². The van der Waals surface area contributed by atoms with Gasteiger partial charge < -0.3 is 15.5 Å². The van der Waals surface area contributed by atoms with Crippen molar-refractivity contribution in [1.82, 2.24) is 20.4 Å². The number of nitrogens with zero attached hydrogens (tertiary/aromatic N) is 3. The molecule has 1 aromatic carbocycles. The van der Waals surface area contributed by atoms with Crippen molar-refractivity contribution in [1.29, 1.82) is 0 Å². The van der Waals surface area contributed by atoms with Crippen LogP contribution in [-0.2, 0) is 9.59 Å². The predicted molar refractivity (Wildman–Crippen MR) is 106 cm³/mol. The van der Waals surface area contributed by atoms with Gasteiger partial charge in [-0.15, -0.1) is 10.2 Å². The van der Waals surface area contributed by atoms with E-state index in [1.165, 1.54) is 40.1 Å². The van der Waals surface area contributed by atoms with Gasteiger partial charge in [-0.3, -0.25) is 9.59 Å². The molecular formula is C17H22FN5O2S2. The van der Waals surface area contributed by atoms with Crippen LogP contribution in [0.5, 0.6) is 0 Å². The fourth-order valence-corrected chi connectivity index (χ4v) is 3.72. The van der Waals surface area contributed by atoms with Crippen molar-refractivity contribution in [3.05, 3.63) is 30.1 Å². The smallest absolute Gasteiger partial charge is 0.240 e. The lowest BCUT2D eigenvalue weighted by Crippen LogP contribution is -2.46. The zero-order valence-electron chi connectivity index (χ0n) is 15.6. The summed E-state index contributed by atoms with van der Waals surface area (Å²) in [6.45, 7) is 5.65. The molecule has 0 bridgehead atoms. The van der Waals surface area contributed by atoms with Crippen LogP contribution in [0.1, 0.15) is 20.8 Å². The van der Waals surface area contributed by atoms with Gasteiger partial charge >= 0.3 is 0 Å². The third kappa shape index (κ3) is 7.51. The molecule has 0 atom stereocenters. The van der Waals surface area contributed by atoms with E-state index in [0.717, 1.165) is 0 Å². The van der Waals surface area contributed by atoms with Crippen molar-refractivity contribution in [2.24, 2.45) is 0 Å². The van der Waals surface area contributed by atoms with Crippen LogP contribution < -0.4 is 10.6 Å². The Labute approximate surface area is 165 Å². The van der Waals surface area contributed by atoms with Crippen LogP contribution in [0.15, 0.2) is 28.6 Å². The van der Waals surface area contributed by atoms with Crippen molar-refractivity contribution in [3.63, 3.8) is 0 Å². The Hall–Kier alpha value is -2.20. The zero-order valence-corrected chi connectivity index (χ0v) is 17.2. The first-order chi connectivity index (χ1) is 12.6. The Bertz CT molecular complexity index is 807. The minimum atomic E-state index is -0.344. The Kier molecular flexibility index (Phi) is 7.14. The first-order valence-electron chi connectivity index (χ1n) is 8.16. The Morgan fingerprint density at radius 3 is 2.70 bits per heavy atom. The zero-order chi connectivity index (χ0) is 20.0. The van der Waals surface area contributed by atoms with Gasteiger partial charge in [-0.2, -0.15) is 0 Å². The van der Waals surface area contributed by atoms with E-state index >= 15 is 0 Å². The number of thioether (sulfide) groups is 1. The molecule has 2 aromatic rings. The maximum atomic E-state index is 13.2. The van der Waals surface area contributed by atoms with Crippen molar-refractivity contribution < 1.29 is 14.0 Å². The molecule has 0 fully saturated rings. The number of hydrogen-bond donors (Lipinski definition) is 2. The van der Waals surface area contributed by atoms with Crippen LogP contribution >= 0.6 is 23.1 Å². The van der Waals surface area contributed by atoms with Crippen molar-refractivity contribution in [2.75, 3.05) is 24.7 Å². The molecule has 2 rings (SSSR count). The summed E-state index contributed by atoms with van der Waals surface area (Å²) in [7, 11) is 1.59. The van der Waals surface area contributed by atoms with Crippen LogP contribution in [0.3, 0.4) is 0 Å². The number of hydrogen-bond acceptors (Lipinski definition) is 7. The van der Waals surface area contributed by atoms with E-state index in [1.807, 2.05) is 20.8 Å². The second kappa shape index (κ2) is 9.14. The van der Waals surface area contributed by atoms with E-state index < -0.39 is 0 Å². The SMILES string of the molecule is CN(CC(=O)NC(C)(C)C)C(=O)CSc1nnc(Nc2cccc(F)c2)s1. The lowest BCUT2D eigenvalue weighted by atomic mass is 10.1. The van der Waals surface area contributed by atoms with E-state index in [4.69, 9.17) is 0 Å². The Balaban J connectivity index is 1.81. The van der Waals surface area contributed by atoms with Gasteiger partial charge in [0.15, 0.2) is 4.34 Å². The fraction of sp³-hybridized carbons (Fsp3) is 0.412. The molecule has 146 valence electrons. The molecule has 0 aliphatic heterocycles. The monoisotopic (exact) mass is 411 g/mol. The first kappa shape index (κ1) is 21.1. The quantitative estimate of drug-likeness (QED) is 0.682. The molecule has 10 heteroatoms. The molecule has 7 nitrogen and oxygen atoms in total. The highest BCUT2D eigenvalue weighted by atomic mass is 32.2. The number of anilines is 2. The maximum Gasteiger partial charge on any atom is 0.240 e. The average Bonchev–Trinajstić information content (AvgIpc) is 2.98. The van der Waals surface area contributed by atoms with Crippen LogP contribution in [0, 0.1) is 5.82 Å². The number of carbonyl (C=O) groups is 2. The minimum absolute atomic E-state index is 0.000834. The van der Waals surface area contributed by atoms with Crippen LogP contribution in [-0.4, -0.2) is 51.8 Å². The van der Waals surface area contributed by atoms with Gasteiger partial charge in [-0.1, -0.05) is 29.2 Å². The molecule has 0 aliphatic rings. The topological polar surface area (TPSA) is 87.2 Å². The number of benzene rings is 1. The molecule has 0 saturated carbocycles. The summed E-state index contributed by atoms with van der Waals surface area (Å²) in [5.41, 5.74) is 0.233. The van der Waals surface area contributed by atoms with E-state index in [9.17, 15) is 14.0 Å². The Morgan fingerprint density at radius 1 is 1.30 bits per heavy atom. The summed E-state index contributed by atoms with van der Waals surface area (Å²) in [5.74, 6) is -0.587. The lowest BCUT2D eigenvalue weighted by molar-refractivity contribution is -0.133. The molecule has 0 spiro atoms. The average molecular weight is 412 g/mol. The van der Waals surface area contributed by atoms with Gasteiger partial charge in [0, 0.05) is 18.3 Å². The van der Waals surface area contributed by atoms with E-state index in [-0.39, 0.29) is 35.5 Å². The van der Waals surface area contributed by atoms with Crippen LogP contribution in [0.4, 0.5) is 15.2 Å². The van der Waals surface area contributed by atoms with Crippen LogP contribution in [0.2, 0.25) is 0 Å². The largest absolute Gasteiger partial charge is 0.350 e. The van der Waals surface area contributed by atoms with Crippen molar-refractivity contribution >= 4 is 45.7 Å². The highest BCUT2D eigenvalue weighted by molar-refractivity contribution is 8.01. The van der Waals surface area contributed by atoms with Gasteiger partial charge in [0.05, 0.1) is 12.3 Å². The van der Waals surface area contributed by atoms with Gasteiger partial charge in [0.2, 0.25) is 16.9 Å². The summed E-state index contributed by atoms with van der Waals surface area (Å²) >= 11 is 2.51. The molecular weight excluding hydrogens is 389 g/mol. The molecule has 2 amide bonds. The van der Waals surface area contributed by atoms with E-state index in [0.29, 0.717) is 15.2 Å². The highest BCUT2D eigenvalue weighted by Gasteiger charge is 2.18. The molecule has 0 radical (unpaired) electrons. The number of likely N-dealkylation sites (N-methyl/N-ethyl adjacent to an activating group) is 1. The summed E-state index contributed by atoms with van der Waals surface area (Å²) < 4.78 is 13.8. The molecule has 27 heavy (non-hydrogen) atoms. The van der Waals surface area contributed by atoms with Crippen molar-refractivity contribution in [3.8, 4) is 0 Å². The van der Waals surface area contributed by atoms with E-state index in [2.05, 4.69) is 20.8 Å². The second-order valence-corrected chi connectivity index (χ2v) is 9.05. The van der Waals surface area contributed by atoms with Gasteiger partial charge in [-0.25, -0.2) is 4.39 Å². The number of nitrogens with one attached hydrogen (secondary N) is 2. The first-order valence-corrected chi connectivity index (χ1v) is 9.96. The lowest BCUT2D eigenvalue weighted by Gasteiger charge is -2.23. The van der Waals surface area contributed by atoms with Gasteiger partial charge in [0.1, 0.15) is 5.82 Å². The molecule has 1 heterocycles. The molecule has 1 aromatic heterocycles. The number of rotatable bonds is 7. The number of carbonyl (C=O) groups excluding carboxylic acids is 2. The number of aromatic nitrogens is 2. The normalized spacial score (nSPS) is 11.1. The van der Waals surface area contributed by atoms with Crippen molar-refractivity contribution in [2.45, 2.75) is 30.6 Å². The van der Waals surface area contributed by atoms with Gasteiger partial charge in [-0.05, 0) is 39.0 Å². The number of halogens is 1. The summed E-state index contributed by atoms with van der Waals surface area (Å²) in [6, 6.07) is 6.03. The summed E-state index contributed by atoms with van der Waals surface area (Å²) in [6.07, 6.45) is 0. The summed E-state index contributed by atoms with van der Waals surface area (Å²) in [5, 5.41) is 14.3. The predicted octanol–water partition coefficient (Wildman–Crippen LogP) is 2.89. The standard InChI is InChI=1S/C17H22FN5O2S2/c1-17(2,3)20-13(24)9-23(4)14(25)10-26-16-22-21-15(27-16)19-12-7-5-6-11(18)8-12/h5-8H,9-10H2,1-4H3,(H,19,21)(H,20,24). The third-order valence-corrected chi connectivity index (χ3v) is 5.08. The minimum Gasteiger partial charge on any atom is -0.350 e. The molecule has 2 N–H and O–H groups in total. The second-order valence-electron chi connectivity index (χ2n) is 6.85. The molecule has 0 aliphatic carbocycles. The third-order valence-electron chi connectivity index (χ3n) is 3.12. The summed E-state index contributed by atoms with van der Waals surface area (Å²) in [4.78, 5) is 25.4. The molecule has 0 unspecified atom stereocenters. The molecule has 0 saturated heterocycles. The fourth-order valence-electron chi connectivity index (χ4n) is 2.00. The maximum absolute atomic E-state index is 13.2. The van der Waals surface area contributed by atoms with Crippen LogP contribution in [0.25, 0.3) is 0 Å². The van der Waals surface area contributed by atoms with E-state index in [1.54, 1.807) is 19.2 Å². The highest BCUT2D eigenvalue weighted by Crippen LogP contribution is 2.27.